The minimum absolute atomic E-state index is 0.0920. The number of ether oxygens (including phenoxy) is 1. The normalized spacial score (nSPS) is 12.8. The lowest BCUT2D eigenvalue weighted by atomic mass is 9.98. The van der Waals surface area contributed by atoms with E-state index < -0.39 is 18.1 Å². The number of aliphatic carboxylic acids is 1. The van der Waals surface area contributed by atoms with Crippen LogP contribution in [0.4, 0.5) is 4.79 Å². The molecule has 1 aliphatic rings. The molecule has 4 N–H and O–H groups in total. The predicted octanol–water partition coefficient (Wildman–Crippen LogP) is 3.64. The van der Waals surface area contributed by atoms with Crippen molar-refractivity contribution in [1.29, 1.82) is 0 Å². The number of hydrogen-bond acceptors (Lipinski definition) is 7. The van der Waals surface area contributed by atoms with Crippen LogP contribution in [0.15, 0.2) is 48.5 Å². The topological polar surface area (TPSA) is 134 Å². The van der Waals surface area contributed by atoms with E-state index in [-0.39, 0.29) is 36.7 Å². The van der Waals surface area contributed by atoms with Crippen molar-refractivity contribution in [3.05, 3.63) is 59.7 Å². The number of benzene rings is 2. The van der Waals surface area contributed by atoms with Crippen LogP contribution < -0.4 is 16.0 Å². The molecule has 0 saturated carbocycles. The minimum atomic E-state index is -1.15. The van der Waals surface area contributed by atoms with Crippen LogP contribution in [-0.2, 0) is 19.1 Å². The number of carboxylic acids is 1. The first kappa shape index (κ1) is 29.4. The third-order valence-electron chi connectivity index (χ3n) is 6.06. The molecule has 0 aliphatic heterocycles. The maximum absolute atomic E-state index is 12.7. The third-order valence-corrected chi connectivity index (χ3v) is 8.17. The van der Waals surface area contributed by atoms with Gasteiger partial charge in [0.25, 0.3) is 0 Å². The largest absolute Gasteiger partial charge is 0.480 e. The van der Waals surface area contributed by atoms with Crippen LogP contribution in [0, 0.1) is 5.92 Å². The van der Waals surface area contributed by atoms with Gasteiger partial charge in [0.05, 0.1) is 11.8 Å². The van der Waals surface area contributed by atoms with E-state index in [9.17, 15) is 24.3 Å². The standard InChI is InChI=1S/C27H33N3O6S2/c1-17(31)28-15-37-13-19(14-38-16-29-18(2)32)11-25(26(33)34)30-27(35)36-12-24-22-9-5-3-7-20(22)21-8-4-6-10-23(21)24/h3-10,19,24-25H,11-16H2,1-2H3,(H,28,31)(H,29,32)(H,30,35)(H,33,34)/t25-/m0/s1. The zero-order chi connectivity index (χ0) is 27.5. The number of alkyl carbamates (subject to hydrolysis) is 1. The Hall–Kier alpha value is -3.18. The molecule has 3 rings (SSSR count). The number of rotatable bonds is 14. The lowest BCUT2D eigenvalue weighted by molar-refractivity contribution is -0.139. The maximum atomic E-state index is 12.7. The first-order valence-electron chi connectivity index (χ1n) is 12.2. The second-order valence-corrected chi connectivity index (χ2v) is 11.0. The van der Waals surface area contributed by atoms with E-state index in [4.69, 9.17) is 4.74 Å². The summed E-state index contributed by atoms with van der Waals surface area (Å²) in [5, 5.41) is 17.7. The van der Waals surface area contributed by atoms with Crippen molar-refractivity contribution in [2.24, 2.45) is 5.92 Å². The Labute approximate surface area is 230 Å². The summed E-state index contributed by atoms with van der Waals surface area (Å²) in [6.45, 7) is 2.95. The Morgan fingerprint density at radius 3 is 1.84 bits per heavy atom. The van der Waals surface area contributed by atoms with E-state index in [1.165, 1.54) is 37.4 Å². The van der Waals surface area contributed by atoms with Gasteiger partial charge in [0.2, 0.25) is 11.8 Å². The summed E-state index contributed by atoms with van der Waals surface area (Å²) in [4.78, 5) is 47.0. The molecule has 0 heterocycles. The number of carbonyl (C=O) groups excluding carboxylic acids is 3. The summed E-state index contributed by atoms with van der Waals surface area (Å²) in [5.41, 5.74) is 4.36. The van der Waals surface area contributed by atoms with Crippen molar-refractivity contribution in [2.75, 3.05) is 29.9 Å². The van der Waals surface area contributed by atoms with Gasteiger partial charge in [-0.1, -0.05) is 48.5 Å². The van der Waals surface area contributed by atoms with Gasteiger partial charge in [0.15, 0.2) is 0 Å². The highest BCUT2D eigenvalue weighted by atomic mass is 32.2. The van der Waals surface area contributed by atoms with E-state index in [0.717, 1.165) is 22.3 Å². The molecule has 1 atom stereocenters. The van der Waals surface area contributed by atoms with Crippen molar-refractivity contribution >= 4 is 47.4 Å². The Morgan fingerprint density at radius 2 is 1.37 bits per heavy atom. The Kier molecular flexibility index (Phi) is 11.3. The van der Waals surface area contributed by atoms with E-state index in [2.05, 4.69) is 16.0 Å². The Bertz CT molecular complexity index is 1080. The molecule has 38 heavy (non-hydrogen) atoms. The summed E-state index contributed by atoms with van der Waals surface area (Å²) in [5.74, 6) is 0.292. The zero-order valence-corrected chi connectivity index (χ0v) is 23.0. The number of nitrogens with one attached hydrogen (secondary N) is 3. The monoisotopic (exact) mass is 559 g/mol. The number of thioether (sulfide) groups is 2. The molecule has 0 unspecified atom stereocenters. The van der Waals surface area contributed by atoms with Crippen LogP contribution in [0.25, 0.3) is 11.1 Å². The van der Waals surface area contributed by atoms with Crippen LogP contribution in [0.3, 0.4) is 0 Å². The third kappa shape index (κ3) is 8.70. The highest BCUT2D eigenvalue weighted by Crippen LogP contribution is 2.44. The maximum Gasteiger partial charge on any atom is 0.407 e. The predicted molar refractivity (Wildman–Crippen MR) is 150 cm³/mol. The minimum Gasteiger partial charge on any atom is -0.480 e. The van der Waals surface area contributed by atoms with Gasteiger partial charge in [-0.2, -0.15) is 0 Å². The molecule has 3 amide bonds. The van der Waals surface area contributed by atoms with Gasteiger partial charge in [0.1, 0.15) is 12.6 Å². The molecule has 0 fully saturated rings. The van der Waals surface area contributed by atoms with Gasteiger partial charge in [-0.05, 0) is 46.1 Å². The lowest BCUT2D eigenvalue weighted by Gasteiger charge is -2.22. The van der Waals surface area contributed by atoms with E-state index in [1.54, 1.807) is 0 Å². The molecule has 0 radical (unpaired) electrons. The molecule has 2 aromatic carbocycles. The Balaban J connectivity index is 1.58. The van der Waals surface area contributed by atoms with E-state index >= 15 is 0 Å². The van der Waals surface area contributed by atoms with Crippen LogP contribution in [-0.4, -0.2) is 64.9 Å². The molecule has 2 aromatic rings. The fraction of sp³-hybridized carbons (Fsp3) is 0.407. The quantitative estimate of drug-likeness (QED) is 0.204. The molecule has 11 heteroatoms. The second-order valence-electron chi connectivity index (χ2n) is 8.96. The fourth-order valence-electron chi connectivity index (χ4n) is 4.28. The molecule has 9 nitrogen and oxygen atoms in total. The number of carboxylic acid groups (broad SMARTS) is 1. The van der Waals surface area contributed by atoms with Crippen LogP contribution >= 0.6 is 23.5 Å². The molecular formula is C27H33N3O6S2. The molecule has 0 saturated heterocycles. The molecule has 0 aromatic heterocycles. The lowest BCUT2D eigenvalue weighted by Crippen LogP contribution is -2.43. The first-order valence-corrected chi connectivity index (χ1v) is 14.6. The second kappa shape index (κ2) is 14.7. The van der Waals surface area contributed by atoms with Gasteiger partial charge in [-0.25, -0.2) is 9.59 Å². The SMILES string of the molecule is CC(=O)NCSCC(CSCNC(C)=O)C[C@H](NC(=O)OCC1c2ccccc2-c2ccccc21)C(=O)O. The summed E-state index contributed by atoms with van der Waals surface area (Å²) in [6, 6.07) is 14.8. The smallest absolute Gasteiger partial charge is 0.407 e. The van der Waals surface area contributed by atoms with E-state index in [0.29, 0.717) is 23.3 Å². The average Bonchev–Trinajstić information content (AvgIpc) is 3.20. The molecule has 1 aliphatic carbocycles. The van der Waals surface area contributed by atoms with Crippen LogP contribution in [0.5, 0.6) is 0 Å². The number of amides is 3. The van der Waals surface area contributed by atoms with Gasteiger partial charge in [-0.15, -0.1) is 23.5 Å². The van der Waals surface area contributed by atoms with Crippen molar-refractivity contribution in [3.63, 3.8) is 0 Å². The summed E-state index contributed by atoms with van der Waals surface area (Å²) >= 11 is 2.94. The molecule has 204 valence electrons. The zero-order valence-electron chi connectivity index (χ0n) is 21.4. The Morgan fingerprint density at radius 1 is 0.868 bits per heavy atom. The van der Waals surface area contributed by atoms with Crippen molar-refractivity contribution < 1.29 is 29.0 Å². The van der Waals surface area contributed by atoms with Crippen molar-refractivity contribution in [2.45, 2.75) is 32.2 Å². The van der Waals surface area contributed by atoms with E-state index in [1.807, 2.05) is 48.5 Å². The van der Waals surface area contributed by atoms with Crippen LogP contribution in [0.2, 0.25) is 0 Å². The van der Waals surface area contributed by atoms with Crippen LogP contribution in [0.1, 0.15) is 37.3 Å². The summed E-state index contributed by atoms with van der Waals surface area (Å²) in [6.07, 6.45) is -0.602. The number of hydrogen-bond donors (Lipinski definition) is 4. The molecule has 0 spiro atoms. The van der Waals surface area contributed by atoms with Crippen molar-refractivity contribution in [3.8, 4) is 11.1 Å². The first-order chi connectivity index (χ1) is 18.3. The average molecular weight is 560 g/mol. The van der Waals surface area contributed by atoms with Gasteiger partial charge in [-0.3, -0.25) is 9.59 Å². The van der Waals surface area contributed by atoms with Gasteiger partial charge in [0, 0.05) is 19.8 Å². The molecule has 0 bridgehead atoms. The number of carbonyl (C=O) groups is 4. The van der Waals surface area contributed by atoms with Gasteiger partial charge >= 0.3 is 12.1 Å². The number of fused-ring (bicyclic) bond motifs is 3. The summed E-state index contributed by atoms with van der Waals surface area (Å²) in [7, 11) is 0. The molecular weight excluding hydrogens is 526 g/mol. The highest BCUT2D eigenvalue weighted by Gasteiger charge is 2.30. The van der Waals surface area contributed by atoms with Crippen molar-refractivity contribution in [1.82, 2.24) is 16.0 Å². The highest BCUT2D eigenvalue weighted by molar-refractivity contribution is 8.00. The van der Waals surface area contributed by atoms with Gasteiger partial charge < -0.3 is 25.8 Å². The summed E-state index contributed by atoms with van der Waals surface area (Å²) < 4.78 is 5.53. The fourth-order valence-corrected chi connectivity index (χ4v) is 6.45.